The third kappa shape index (κ3) is 5.97. The van der Waals surface area contributed by atoms with Crippen LogP contribution in [0.3, 0.4) is 0 Å². The Morgan fingerprint density at radius 2 is 1.59 bits per heavy atom. The number of rotatable bonds is 7. The zero-order chi connectivity index (χ0) is 27.6. The summed E-state index contributed by atoms with van der Waals surface area (Å²) in [5.41, 5.74) is 8.35. The SMILES string of the molecule is O=C(O)c1ccc2c(c1)nc(-c1ccc(C(=O)NNc3ccc(OC(F)(F)F)cc3)cc1)n2C1CCCCC1. The maximum absolute atomic E-state index is 12.7. The number of alkyl halides is 3. The van der Waals surface area contributed by atoms with E-state index in [1.165, 1.54) is 18.6 Å². The van der Waals surface area contributed by atoms with Gasteiger partial charge in [-0.15, -0.1) is 13.2 Å². The number of hydrazine groups is 1. The number of imidazole rings is 1. The Kier molecular flexibility index (Phi) is 7.14. The molecule has 1 aromatic heterocycles. The number of carboxylic acid groups (broad SMARTS) is 1. The highest BCUT2D eigenvalue weighted by Gasteiger charge is 2.31. The average Bonchev–Trinajstić information content (AvgIpc) is 3.31. The number of anilines is 1. The van der Waals surface area contributed by atoms with Gasteiger partial charge in [0.2, 0.25) is 0 Å². The number of carbonyl (C=O) groups excluding carboxylic acids is 1. The molecule has 0 spiro atoms. The zero-order valence-corrected chi connectivity index (χ0v) is 20.7. The van der Waals surface area contributed by atoms with Crippen LogP contribution in [-0.2, 0) is 0 Å². The van der Waals surface area contributed by atoms with Crippen molar-refractivity contribution in [3.63, 3.8) is 0 Å². The van der Waals surface area contributed by atoms with E-state index in [1.807, 2.05) is 0 Å². The van der Waals surface area contributed by atoms with Crippen molar-refractivity contribution in [2.75, 3.05) is 5.43 Å². The van der Waals surface area contributed by atoms with Crippen molar-refractivity contribution in [2.45, 2.75) is 44.5 Å². The largest absolute Gasteiger partial charge is 0.573 e. The van der Waals surface area contributed by atoms with Crippen molar-refractivity contribution in [1.29, 1.82) is 0 Å². The predicted octanol–water partition coefficient (Wildman–Crippen LogP) is 6.56. The maximum Gasteiger partial charge on any atom is 0.573 e. The molecule has 8 nitrogen and oxygen atoms in total. The Bertz CT molecular complexity index is 1490. The lowest BCUT2D eigenvalue weighted by Crippen LogP contribution is -2.29. The van der Waals surface area contributed by atoms with Gasteiger partial charge < -0.3 is 14.4 Å². The van der Waals surface area contributed by atoms with Gasteiger partial charge in [0.05, 0.1) is 22.3 Å². The van der Waals surface area contributed by atoms with Crippen molar-refractivity contribution < 1.29 is 32.6 Å². The number of aromatic nitrogens is 2. The second-order valence-electron chi connectivity index (χ2n) is 9.33. The summed E-state index contributed by atoms with van der Waals surface area (Å²) in [5, 5.41) is 9.41. The Hall–Kier alpha value is -4.54. The zero-order valence-electron chi connectivity index (χ0n) is 20.7. The number of halogens is 3. The molecule has 0 unspecified atom stereocenters. The first-order valence-corrected chi connectivity index (χ1v) is 12.5. The van der Waals surface area contributed by atoms with E-state index in [-0.39, 0.29) is 17.4 Å². The van der Waals surface area contributed by atoms with E-state index in [1.54, 1.807) is 42.5 Å². The van der Waals surface area contributed by atoms with E-state index in [2.05, 4.69) is 20.2 Å². The molecule has 1 saturated carbocycles. The van der Waals surface area contributed by atoms with Gasteiger partial charge in [-0.05, 0) is 67.4 Å². The van der Waals surface area contributed by atoms with Gasteiger partial charge in [0.25, 0.3) is 5.91 Å². The first kappa shape index (κ1) is 26.1. The fourth-order valence-corrected chi connectivity index (χ4v) is 4.86. The first-order valence-electron chi connectivity index (χ1n) is 12.5. The molecule has 0 radical (unpaired) electrons. The van der Waals surface area contributed by atoms with Gasteiger partial charge in [0, 0.05) is 17.2 Å². The number of fused-ring (bicyclic) bond motifs is 1. The molecule has 1 fully saturated rings. The molecule has 0 aliphatic heterocycles. The van der Waals surface area contributed by atoms with Gasteiger partial charge >= 0.3 is 12.3 Å². The molecule has 11 heteroatoms. The predicted molar refractivity (Wildman–Crippen MR) is 138 cm³/mol. The van der Waals surface area contributed by atoms with Crippen LogP contribution in [0.15, 0.2) is 66.7 Å². The average molecular weight is 539 g/mol. The van der Waals surface area contributed by atoms with E-state index in [9.17, 15) is 27.9 Å². The molecule has 39 heavy (non-hydrogen) atoms. The third-order valence-electron chi connectivity index (χ3n) is 6.69. The fraction of sp³-hybridized carbons (Fsp3) is 0.250. The number of amides is 1. The van der Waals surface area contributed by atoms with Crippen LogP contribution < -0.4 is 15.6 Å². The quantitative estimate of drug-likeness (QED) is 0.230. The van der Waals surface area contributed by atoms with E-state index in [4.69, 9.17) is 4.98 Å². The lowest BCUT2D eigenvalue weighted by molar-refractivity contribution is -0.274. The molecule has 202 valence electrons. The van der Waals surface area contributed by atoms with Gasteiger partial charge in [-0.2, -0.15) is 0 Å². The van der Waals surface area contributed by atoms with Crippen molar-refractivity contribution in [2.24, 2.45) is 0 Å². The Balaban J connectivity index is 1.34. The lowest BCUT2D eigenvalue weighted by atomic mass is 9.94. The van der Waals surface area contributed by atoms with Crippen molar-refractivity contribution in [1.82, 2.24) is 15.0 Å². The number of hydrogen-bond acceptors (Lipinski definition) is 5. The van der Waals surface area contributed by atoms with Crippen molar-refractivity contribution >= 4 is 28.6 Å². The number of hydrogen-bond donors (Lipinski definition) is 3. The van der Waals surface area contributed by atoms with Gasteiger partial charge in [0.1, 0.15) is 11.6 Å². The first-order chi connectivity index (χ1) is 18.7. The Labute approximate surface area is 221 Å². The highest BCUT2D eigenvalue weighted by molar-refractivity contribution is 5.96. The van der Waals surface area contributed by atoms with Gasteiger partial charge in [-0.1, -0.05) is 31.4 Å². The standard InChI is InChI=1S/C28H25F3N4O4/c29-28(30,31)39-22-13-11-20(12-14-22)33-34-26(36)18-8-6-17(7-9-18)25-32-23-16-19(27(37)38)10-15-24(23)35(25)21-4-2-1-3-5-21/h6-16,21,33H,1-5H2,(H,34,36)(H,37,38). The van der Waals surface area contributed by atoms with Crippen LogP contribution in [0.4, 0.5) is 18.9 Å². The molecule has 0 atom stereocenters. The summed E-state index contributed by atoms with van der Waals surface area (Å²) < 4.78 is 43.0. The van der Waals surface area contributed by atoms with Crippen LogP contribution in [0, 0.1) is 0 Å². The second kappa shape index (κ2) is 10.7. The third-order valence-corrected chi connectivity index (χ3v) is 6.69. The van der Waals surface area contributed by atoms with Crippen LogP contribution in [0.25, 0.3) is 22.4 Å². The van der Waals surface area contributed by atoms with Crippen LogP contribution in [0.1, 0.15) is 58.9 Å². The molecule has 1 amide bonds. The number of nitrogens with one attached hydrogen (secondary N) is 2. The molecule has 4 aromatic rings. The highest BCUT2D eigenvalue weighted by atomic mass is 19.4. The number of ether oxygens (including phenoxy) is 1. The number of nitrogens with zero attached hydrogens (tertiary/aromatic N) is 2. The molecular weight excluding hydrogens is 513 g/mol. The van der Waals surface area contributed by atoms with E-state index >= 15 is 0 Å². The molecule has 1 aliphatic carbocycles. The summed E-state index contributed by atoms with van der Waals surface area (Å²) in [7, 11) is 0. The Morgan fingerprint density at radius 3 is 2.23 bits per heavy atom. The number of carboxylic acids is 1. The van der Waals surface area contributed by atoms with E-state index in [0.717, 1.165) is 48.9 Å². The minimum absolute atomic E-state index is 0.171. The molecule has 0 bridgehead atoms. The minimum atomic E-state index is -4.78. The lowest BCUT2D eigenvalue weighted by Gasteiger charge is -2.25. The van der Waals surface area contributed by atoms with E-state index < -0.39 is 18.2 Å². The van der Waals surface area contributed by atoms with Gasteiger partial charge in [-0.3, -0.25) is 15.6 Å². The van der Waals surface area contributed by atoms with Crippen LogP contribution in [0.5, 0.6) is 5.75 Å². The highest BCUT2D eigenvalue weighted by Crippen LogP contribution is 2.36. The normalized spacial score (nSPS) is 14.2. The molecule has 3 N–H and O–H groups in total. The summed E-state index contributed by atoms with van der Waals surface area (Å²) in [6.45, 7) is 0. The summed E-state index contributed by atoms with van der Waals surface area (Å²) in [4.78, 5) is 28.9. The molecule has 1 heterocycles. The summed E-state index contributed by atoms with van der Waals surface area (Å²) in [5.74, 6) is -1.11. The number of benzene rings is 3. The molecule has 0 saturated heterocycles. The monoisotopic (exact) mass is 538 g/mol. The molecule has 5 rings (SSSR count). The van der Waals surface area contributed by atoms with Crippen LogP contribution >= 0.6 is 0 Å². The van der Waals surface area contributed by atoms with Gasteiger partial charge in [0.15, 0.2) is 0 Å². The summed E-state index contributed by atoms with van der Waals surface area (Å²) in [6, 6.07) is 17.1. The number of aromatic carboxylic acids is 1. The van der Waals surface area contributed by atoms with Crippen molar-refractivity contribution in [3.8, 4) is 17.1 Å². The van der Waals surface area contributed by atoms with Crippen molar-refractivity contribution in [3.05, 3.63) is 77.9 Å². The van der Waals surface area contributed by atoms with E-state index in [0.29, 0.717) is 22.6 Å². The Morgan fingerprint density at radius 1 is 0.923 bits per heavy atom. The molecule has 3 aromatic carbocycles. The van der Waals surface area contributed by atoms with Crippen LogP contribution in [0.2, 0.25) is 0 Å². The maximum atomic E-state index is 12.7. The second-order valence-corrected chi connectivity index (χ2v) is 9.33. The minimum Gasteiger partial charge on any atom is -0.478 e. The fourth-order valence-electron chi connectivity index (χ4n) is 4.86. The van der Waals surface area contributed by atoms with Crippen LogP contribution in [-0.4, -0.2) is 32.9 Å². The van der Waals surface area contributed by atoms with Gasteiger partial charge in [-0.25, -0.2) is 9.78 Å². The number of carbonyl (C=O) groups is 2. The smallest absolute Gasteiger partial charge is 0.478 e. The molecular formula is C28H25F3N4O4. The summed E-state index contributed by atoms with van der Waals surface area (Å²) >= 11 is 0. The molecule has 1 aliphatic rings. The topological polar surface area (TPSA) is 105 Å². The summed E-state index contributed by atoms with van der Waals surface area (Å²) in [6.07, 6.45) is 0.646.